The van der Waals surface area contributed by atoms with Gasteiger partial charge >= 0.3 is 0 Å². The molecular weight excluding hydrogens is 212 g/mol. The Morgan fingerprint density at radius 1 is 1.33 bits per heavy atom. The van der Waals surface area contributed by atoms with Crippen LogP contribution >= 0.6 is 11.3 Å². The maximum absolute atomic E-state index is 11.4. The Hall–Kier alpha value is -1.20. The van der Waals surface area contributed by atoms with Crippen molar-refractivity contribution in [3.63, 3.8) is 0 Å². The second-order valence-corrected chi connectivity index (χ2v) is 4.20. The first-order chi connectivity index (χ1) is 7.27. The summed E-state index contributed by atoms with van der Waals surface area (Å²) < 4.78 is 0. The summed E-state index contributed by atoms with van der Waals surface area (Å²) in [5.41, 5.74) is 1.18. The van der Waals surface area contributed by atoms with Crippen LogP contribution in [0.15, 0.2) is 16.8 Å². The zero-order valence-electron chi connectivity index (χ0n) is 8.23. The number of carbonyl (C=O) groups excluding carboxylic acids is 2. The highest BCUT2D eigenvalue weighted by Crippen LogP contribution is 2.08. The molecule has 0 atom stereocenters. The number of nitrogens with zero attached hydrogens (tertiary/aromatic N) is 1. The van der Waals surface area contributed by atoms with Crippen molar-refractivity contribution >= 4 is 23.2 Å². The van der Waals surface area contributed by atoms with Crippen LogP contribution in [0, 0.1) is 0 Å². The van der Waals surface area contributed by atoms with Crippen LogP contribution in [-0.4, -0.2) is 36.3 Å². The number of thiophene rings is 1. The Kier molecular flexibility index (Phi) is 3.13. The number of amides is 2. The van der Waals surface area contributed by atoms with Crippen molar-refractivity contribution < 1.29 is 9.59 Å². The summed E-state index contributed by atoms with van der Waals surface area (Å²) in [5.74, 6) is -0.247. The van der Waals surface area contributed by atoms with Crippen LogP contribution in [0.25, 0.3) is 0 Å². The van der Waals surface area contributed by atoms with Gasteiger partial charge in [0.05, 0.1) is 13.1 Å². The number of piperazine rings is 1. The maximum atomic E-state index is 11.4. The first-order valence-corrected chi connectivity index (χ1v) is 5.76. The van der Waals surface area contributed by atoms with Gasteiger partial charge in [0.25, 0.3) is 0 Å². The molecular formula is C10H12N2O2S. The van der Waals surface area contributed by atoms with E-state index in [1.165, 1.54) is 10.5 Å². The largest absolute Gasteiger partial charge is 0.300 e. The average molecular weight is 224 g/mol. The van der Waals surface area contributed by atoms with Crippen molar-refractivity contribution in [3.8, 4) is 0 Å². The van der Waals surface area contributed by atoms with Gasteiger partial charge in [0.2, 0.25) is 11.8 Å². The molecule has 1 aliphatic rings. The van der Waals surface area contributed by atoms with Crippen molar-refractivity contribution in [3.05, 3.63) is 22.4 Å². The first-order valence-electron chi connectivity index (χ1n) is 4.82. The lowest BCUT2D eigenvalue weighted by Crippen LogP contribution is -2.52. The molecule has 80 valence electrons. The molecule has 0 unspecified atom stereocenters. The lowest BCUT2D eigenvalue weighted by atomic mass is 10.2. The highest BCUT2D eigenvalue weighted by molar-refractivity contribution is 7.07. The molecule has 1 aromatic heterocycles. The fourth-order valence-corrected chi connectivity index (χ4v) is 2.23. The molecule has 1 fully saturated rings. The van der Waals surface area contributed by atoms with E-state index in [4.69, 9.17) is 0 Å². The summed E-state index contributed by atoms with van der Waals surface area (Å²) in [4.78, 5) is 24.2. The monoisotopic (exact) mass is 224 g/mol. The SMILES string of the molecule is O=C1CNCC(=O)N1CCc1ccsc1. The molecule has 15 heavy (non-hydrogen) atoms. The van der Waals surface area contributed by atoms with E-state index >= 15 is 0 Å². The third-order valence-corrected chi connectivity index (χ3v) is 3.09. The molecule has 1 N–H and O–H groups in total. The lowest BCUT2D eigenvalue weighted by Gasteiger charge is -2.25. The minimum atomic E-state index is -0.124. The number of carbonyl (C=O) groups is 2. The minimum absolute atomic E-state index is 0.124. The van der Waals surface area contributed by atoms with Gasteiger partial charge in [-0.05, 0) is 28.8 Å². The van der Waals surface area contributed by atoms with E-state index in [2.05, 4.69) is 5.32 Å². The van der Waals surface area contributed by atoms with Gasteiger partial charge in [0, 0.05) is 6.54 Å². The molecule has 1 saturated heterocycles. The summed E-state index contributed by atoms with van der Waals surface area (Å²) in [5, 5.41) is 6.80. The lowest BCUT2D eigenvalue weighted by molar-refractivity contribution is -0.146. The third kappa shape index (κ3) is 2.43. The van der Waals surface area contributed by atoms with Gasteiger partial charge in [-0.25, -0.2) is 0 Å². The molecule has 0 bridgehead atoms. The fourth-order valence-electron chi connectivity index (χ4n) is 1.53. The molecule has 0 aromatic carbocycles. The summed E-state index contributed by atoms with van der Waals surface area (Å²) in [7, 11) is 0. The Labute approximate surface area is 91.9 Å². The summed E-state index contributed by atoms with van der Waals surface area (Å²) in [6.45, 7) is 1.04. The topological polar surface area (TPSA) is 49.4 Å². The zero-order valence-corrected chi connectivity index (χ0v) is 9.05. The van der Waals surface area contributed by atoms with Crippen molar-refractivity contribution in [2.24, 2.45) is 0 Å². The molecule has 4 nitrogen and oxygen atoms in total. The summed E-state index contributed by atoms with van der Waals surface area (Å²) in [6, 6.07) is 2.02. The van der Waals surface area contributed by atoms with Crippen LogP contribution < -0.4 is 5.32 Å². The summed E-state index contributed by atoms with van der Waals surface area (Å²) in [6.07, 6.45) is 0.751. The van der Waals surface area contributed by atoms with Gasteiger partial charge in [-0.15, -0.1) is 0 Å². The Bertz CT molecular complexity index is 346. The van der Waals surface area contributed by atoms with Gasteiger partial charge in [-0.2, -0.15) is 11.3 Å². The second-order valence-electron chi connectivity index (χ2n) is 3.42. The molecule has 2 amide bonds. The van der Waals surface area contributed by atoms with E-state index in [1.54, 1.807) is 11.3 Å². The number of imide groups is 1. The first kappa shape index (κ1) is 10.3. The molecule has 0 radical (unpaired) electrons. The van der Waals surface area contributed by atoms with Crippen LogP contribution in [-0.2, 0) is 16.0 Å². The van der Waals surface area contributed by atoms with E-state index in [9.17, 15) is 9.59 Å². The van der Waals surface area contributed by atoms with Crippen LogP contribution in [0.3, 0.4) is 0 Å². The van der Waals surface area contributed by atoms with E-state index in [0.717, 1.165) is 6.42 Å². The molecule has 1 aliphatic heterocycles. The second kappa shape index (κ2) is 4.55. The highest BCUT2D eigenvalue weighted by atomic mass is 32.1. The Morgan fingerprint density at radius 3 is 2.67 bits per heavy atom. The average Bonchev–Trinajstić information content (AvgIpc) is 2.70. The van der Waals surface area contributed by atoms with Gasteiger partial charge in [-0.1, -0.05) is 0 Å². The number of nitrogens with one attached hydrogen (secondary N) is 1. The number of rotatable bonds is 3. The van der Waals surface area contributed by atoms with Crippen molar-refractivity contribution in [1.29, 1.82) is 0 Å². The van der Waals surface area contributed by atoms with Crippen molar-refractivity contribution in [2.45, 2.75) is 6.42 Å². The zero-order chi connectivity index (χ0) is 10.7. The van der Waals surface area contributed by atoms with Gasteiger partial charge in [-0.3, -0.25) is 19.8 Å². The third-order valence-electron chi connectivity index (χ3n) is 2.36. The smallest absolute Gasteiger partial charge is 0.243 e. The normalized spacial score (nSPS) is 17.2. The van der Waals surface area contributed by atoms with Gasteiger partial charge in [0.15, 0.2) is 0 Å². The van der Waals surface area contributed by atoms with Crippen molar-refractivity contribution in [1.82, 2.24) is 10.2 Å². The van der Waals surface area contributed by atoms with Gasteiger partial charge < -0.3 is 0 Å². The number of hydrogen-bond donors (Lipinski definition) is 1. The van der Waals surface area contributed by atoms with Crippen LogP contribution in [0.4, 0.5) is 0 Å². The minimum Gasteiger partial charge on any atom is -0.300 e. The highest BCUT2D eigenvalue weighted by Gasteiger charge is 2.24. The predicted molar refractivity (Wildman–Crippen MR) is 57.6 cm³/mol. The molecule has 0 saturated carbocycles. The van der Waals surface area contributed by atoms with E-state index in [-0.39, 0.29) is 24.9 Å². The molecule has 2 rings (SSSR count). The van der Waals surface area contributed by atoms with E-state index in [1.807, 2.05) is 16.8 Å². The molecule has 1 aromatic rings. The standard InChI is InChI=1S/C10H12N2O2S/c13-9-5-11-6-10(14)12(9)3-1-8-2-4-15-7-8/h2,4,7,11H,1,3,5-6H2. The molecule has 0 aliphatic carbocycles. The summed E-state index contributed by atoms with van der Waals surface area (Å²) >= 11 is 1.63. The van der Waals surface area contributed by atoms with Crippen LogP contribution in [0.5, 0.6) is 0 Å². The maximum Gasteiger partial charge on any atom is 0.243 e. The van der Waals surface area contributed by atoms with E-state index < -0.39 is 0 Å². The Balaban J connectivity index is 1.92. The molecule has 2 heterocycles. The van der Waals surface area contributed by atoms with Crippen LogP contribution in [0.1, 0.15) is 5.56 Å². The fraction of sp³-hybridized carbons (Fsp3) is 0.400. The molecule has 0 spiro atoms. The van der Waals surface area contributed by atoms with E-state index in [0.29, 0.717) is 6.54 Å². The van der Waals surface area contributed by atoms with Crippen molar-refractivity contribution in [2.75, 3.05) is 19.6 Å². The predicted octanol–water partition coefficient (Wildman–Crippen LogP) is 0.249. The molecule has 5 heteroatoms. The van der Waals surface area contributed by atoms with Gasteiger partial charge in [0.1, 0.15) is 0 Å². The van der Waals surface area contributed by atoms with Crippen LogP contribution in [0.2, 0.25) is 0 Å². The quantitative estimate of drug-likeness (QED) is 0.749. The number of hydrogen-bond acceptors (Lipinski definition) is 4. The Morgan fingerprint density at radius 2 is 2.07 bits per heavy atom.